The van der Waals surface area contributed by atoms with Crippen LogP contribution < -0.4 is 15.4 Å². The van der Waals surface area contributed by atoms with E-state index in [2.05, 4.69) is 41.8 Å². The van der Waals surface area contributed by atoms with Crippen LogP contribution in [0.5, 0.6) is 5.75 Å². The predicted molar refractivity (Wildman–Crippen MR) is 123 cm³/mol. The average Bonchev–Trinajstić information content (AvgIpc) is 3.39. The first-order valence-electron chi connectivity index (χ1n) is 12.7. The van der Waals surface area contributed by atoms with Crippen molar-refractivity contribution in [2.24, 2.45) is 0 Å². The molecule has 2 amide bonds. The van der Waals surface area contributed by atoms with Crippen molar-refractivity contribution in [2.75, 3.05) is 13.2 Å². The number of carbonyl (C=O) groups excluding carboxylic acids is 1. The maximum Gasteiger partial charge on any atom is 0.315 e. The van der Waals surface area contributed by atoms with Crippen LogP contribution in [0.1, 0.15) is 76.7 Å². The van der Waals surface area contributed by atoms with Gasteiger partial charge in [-0.2, -0.15) is 0 Å². The fraction of sp³-hybridized carbons (Fsp3) is 0.731. The Balaban J connectivity index is 1.13. The van der Waals surface area contributed by atoms with Crippen LogP contribution >= 0.6 is 0 Å². The Morgan fingerprint density at radius 2 is 1.59 bits per heavy atom. The van der Waals surface area contributed by atoms with Crippen molar-refractivity contribution in [3.05, 3.63) is 29.8 Å². The molecular weight excluding hydrogens is 404 g/mol. The van der Waals surface area contributed by atoms with Crippen LogP contribution in [0.15, 0.2) is 24.3 Å². The standard InChI is InChI=1S/C26H38N2O4/c1-26(14-6-3-7-15-26)18-10-12-20(13-11-18)32-22-17-31-23-21(16-30-24(22)23)28-25(29)27-19-8-4-2-5-9-19/h10-13,19,21-24H,2-9,14-17H2,1H3,(H2,27,28,29)/t21-,22-,23+,24+/m0/s1. The van der Waals surface area contributed by atoms with Gasteiger partial charge in [-0.05, 0) is 48.8 Å². The second-order valence-electron chi connectivity index (χ2n) is 10.5. The van der Waals surface area contributed by atoms with Gasteiger partial charge in [-0.25, -0.2) is 4.79 Å². The van der Waals surface area contributed by atoms with E-state index >= 15 is 0 Å². The highest BCUT2D eigenvalue weighted by Gasteiger charge is 2.49. The van der Waals surface area contributed by atoms with Crippen LogP contribution in [0.25, 0.3) is 0 Å². The Morgan fingerprint density at radius 1 is 0.906 bits per heavy atom. The summed E-state index contributed by atoms with van der Waals surface area (Å²) in [5.41, 5.74) is 1.71. The zero-order chi connectivity index (χ0) is 22.0. The van der Waals surface area contributed by atoms with Crippen LogP contribution in [0.3, 0.4) is 0 Å². The molecule has 4 atom stereocenters. The number of hydrogen-bond acceptors (Lipinski definition) is 4. The predicted octanol–water partition coefficient (Wildman–Crippen LogP) is 4.45. The van der Waals surface area contributed by atoms with Crippen LogP contribution in [-0.4, -0.2) is 49.6 Å². The van der Waals surface area contributed by atoms with Crippen LogP contribution in [0.4, 0.5) is 4.79 Å². The molecule has 2 saturated carbocycles. The molecule has 0 unspecified atom stereocenters. The van der Waals surface area contributed by atoms with E-state index in [1.54, 1.807) is 0 Å². The Labute approximate surface area is 191 Å². The molecule has 6 heteroatoms. The lowest BCUT2D eigenvalue weighted by atomic mass is 9.71. The Bertz CT molecular complexity index is 771. The van der Waals surface area contributed by atoms with E-state index in [0.29, 0.717) is 24.7 Å². The van der Waals surface area contributed by atoms with Gasteiger partial charge < -0.3 is 24.8 Å². The first-order valence-corrected chi connectivity index (χ1v) is 12.7. The van der Waals surface area contributed by atoms with Crippen molar-refractivity contribution in [1.82, 2.24) is 10.6 Å². The molecule has 2 saturated heterocycles. The Morgan fingerprint density at radius 3 is 2.34 bits per heavy atom. The minimum absolute atomic E-state index is 0.106. The van der Waals surface area contributed by atoms with Crippen LogP contribution in [0, 0.1) is 0 Å². The largest absolute Gasteiger partial charge is 0.485 e. The Hall–Kier alpha value is -1.79. The highest BCUT2D eigenvalue weighted by Crippen LogP contribution is 2.39. The summed E-state index contributed by atoms with van der Waals surface area (Å²) in [6.45, 7) is 3.34. The summed E-state index contributed by atoms with van der Waals surface area (Å²) in [4.78, 5) is 12.5. The van der Waals surface area contributed by atoms with Gasteiger partial charge in [-0.3, -0.25) is 0 Å². The topological polar surface area (TPSA) is 68.8 Å². The maximum atomic E-state index is 12.5. The maximum absolute atomic E-state index is 12.5. The monoisotopic (exact) mass is 442 g/mol. The molecule has 2 heterocycles. The van der Waals surface area contributed by atoms with E-state index < -0.39 is 0 Å². The number of benzene rings is 1. The average molecular weight is 443 g/mol. The molecule has 0 aromatic heterocycles. The second kappa shape index (κ2) is 9.60. The van der Waals surface area contributed by atoms with Crippen LogP contribution in [0.2, 0.25) is 0 Å². The third kappa shape index (κ3) is 4.76. The molecule has 4 fully saturated rings. The molecular formula is C26H38N2O4. The number of ether oxygens (including phenoxy) is 3. The molecule has 4 aliphatic rings. The smallest absolute Gasteiger partial charge is 0.315 e. The van der Waals surface area contributed by atoms with Gasteiger partial charge in [0.2, 0.25) is 0 Å². The van der Waals surface area contributed by atoms with Gasteiger partial charge in [0.15, 0.2) is 6.10 Å². The molecule has 2 aliphatic heterocycles. The van der Waals surface area contributed by atoms with Crippen molar-refractivity contribution in [3.8, 4) is 5.75 Å². The molecule has 1 aromatic carbocycles. The quantitative estimate of drug-likeness (QED) is 0.707. The van der Waals surface area contributed by atoms with Gasteiger partial charge in [-0.15, -0.1) is 0 Å². The van der Waals surface area contributed by atoms with Gasteiger partial charge in [0, 0.05) is 6.04 Å². The lowest BCUT2D eigenvalue weighted by Gasteiger charge is -2.34. The van der Waals surface area contributed by atoms with Crippen LogP contribution in [-0.2, 0) is 14.9 Å². The number of hydrogen-bond donors (Lipinski definition) is 2. The first kappa shape index (κ1) is 22.0. The second-order valence-corrected chi connectivity index (χ2v) is 10.5. The third-order valence-corrected chi connectivity index (χ3v) is 8.06. The first-order chi connectivity index (χ1) is 15.6. The van der Waals surface area contributed by atoms with E-state index in [-0.39, 0.29) is 30.4 Å². The van der Waals surface area contributed by atoms with Crippen molar-refractivity contribution < 1.29 is 19.0 Å². The normalized spacial score (nSPS) is 32.3. The molecule has 5 rings (SSSR count). The van der Waals surface area contributed by atoms with E-state index in [0.717, 1.165) is 18.6 Å². The minimum atomic E-state index is -0.155. The fourth-order valence-electron chi connectivity index (χ4n) is 6.06. The summed E-state index contributed by atoms with van der Waals surface area (Å²) in [6.07, 6.45) is 11.9. The summed E-state index contributed by atoms with van der Waals surface area (Å²) in [6, 6.07) is 8.68. The van der Waals surface area contributed by atoms with Gasteiger partial charge in [0.1, 0.15) is 18.0 Å². The molecule has 1 aromatic rings. The van der Waals surface area contributed by atoms with Gasteiger partial charge in [0.25, 0.3) is 0 Å². The molecule has 176 valence electrons. The number of rotatable bonds is 5. The molecule has 2 N–H and O–H groups in total. The number of fused-ring (bicyclic) bond motifs is 1. The Kier molecular flexibility index (Phi) is 6.61. The molecule has 0 radical (unpaired) electrons. The fourth-order valence-corrected chi connectivity index (χ4v) is 6.06. The minimum Gasteiger partial charge on any atom is -0.485 e. The number of urea groups is 1. The van der Waals surface area contributed by atoms with Gasteiger partial charge in [-0.1, -0.05) is 57.6 Å². The molecule has 6 nitrogen and oxygen atoms in total. The molecule has 0 spiro atoms. The highest BCUT2D eigenvalue weighted by molar-refractivity contribution is 5.74. The summed E-state index contributed by atoms with van der Waals surface area (Å²) in [7, 11) is 0. The third-order valence-electron chi connectivity index (χ3n) is 8.06. The number of amides is 2. The van der Waals surface area contributed by atoms with Crippen molar-refractivity contribution in [1.29, 1.82) is 0 Å². The van der Waals surface area contributed by atoms with Crippen molar-refractivity contribution in [2.45, 2.75) is 107 Å². The van der Waals surface area contributed by atoms with E-state index in [9.17, 15) is 4.79 Å². The summed E-state index contributed by atoms with van der Waals surface area (Å²) in [5.74, 6) is 0.859. The highest BCUT2D eigenvalue weighted by atomic mass is 16.6. The zero-order valence-corrected chi connectivity index (χ0v) is 19.3. The summed E-state index contributed by atoms with van der Waals surface area (Å²) in [5, 5.41) is 6.19. The zero-order valence-electron chi connectivity index (χ0n) is 19.3. The summed E-state index contributed by atoms with van der Waals surface area (Å²) >= 11 is 0. The van der Waals surface area contributed by atoms with E-state index in [1.165, 1.54) is 56.9 Å². The number of carbonyl (C=O) groups is 1. The van der Waals surface area contributed by atoms with Crippen molar-refractivity contribution in [3.63, 3.8) is 0 Å². The molecule has 2 aliphatic carbocycles. The lowest BCUT2D eigenvalue weighted by Crippen LogP contribution is -2.51. The van der Waals surface area contributed by atoms with Crippen molar-refractivity contribution >= 4 is 6.03 Å². The lowest BCUT2D eigenvalue weighted by molar-refractivity contribution is 0.0303. The molecule has 32 heavy (non-hydrogen) atoms. The molecule has 0 bridgehead atoms. The van der Waals surface area contributed by atoms with E-state index in [4.69, 9.17) is 14.2 Å². The van der Waals surface area contributed by atoms with Gasteiger partial charge in [0.05, 0.1) is 19.3 Å². The SMILES string of the molecule is CC1(c2ccc(O[C@H]3CO[C@H]4[C@@H]3OC[C@@H]4NC(=O)NC3CCCCC3)cc2)CCCCC1. The summed E-state index contributed by atoms with van der Waals surface area (Å²) < 4.78 is 18.3. The van der Waals surface area contributed by atoms with E-state index in [1.807, 2.05) is 0 Å². The van der Waals surface area contributed by atoms with Gasteiger partial charge >= 0.3 is 6.03 Å². The number of nitrogens with one attached hydrogen (secondary N) is 2.